The third-order valence-corrected chi connectivity index (χ3v) is 2.48. The van der Waals surface area contributed by atoms with Crippen molar-refractivity contribution < 1.29 is 4.79 Å². The van der Waals surface area contributed by atoms with Crippen LogP contribution in [0.5, 0.6) is 0 Å². The van der Waals surface area contributed by atoms with E-state index in [1.54, 1.807) is 0 Å². The average molecular weight is 169 g/mol. The topological polar surface area (TPSA) is 29.1 Å². The maximum atomic E-state index is 11.1. The molecule has 0 saturated carbocycles. The molecule has 1 N–H and O–H groups in total. The molecule has 0 unspecified atom stereocenters. The van der Waals surface area contributed by atoms with E-state index in [2.05, 4.69) is 12.2 Å². The average Bonchev–Trinajstić information content (AvgIpc) is 2.26. The van der Waals surface area contributed by atoms with Gasteiger partial charge in [-0.3, -0.25) is 4.79 Å². The van der Waals surface area contributed by atoms with E-state index in [1.165, 1.54) is 32.1 Å². The predicted molar refractivity (Wildman–Crippen MR) is 49.9 cm³/mol. The molecular formula is C10H19NO. The van der Waals surface area contributed by atoms with Crippen molar-refractivity contribution in [3.63, 3.8) is 0 Å². The van der Waals surface area contributed by atoms with E-state index < -0.39 is 0 Å². The Bertz CT molecular complexity index is 145. The van der Waals surface area contributed by atoms with Gasteiger partial charge in [0.15, 0.2) is 0 Å². The normalized spacial score (nSPS) is 24.8. The Labute approximate surface area is 74.7 Å². The lowest BCUT2D eigenvalue weighted by atomic mass is 10.1. The second-order valence-corrected chi connectivity index (χ2v) is 3.65. The summed E-state index contributed by atoms with van der Waals surface area (Å²) >= 11 is 0. The van der Waals surface area contributed by atoms with Crippen molar-refractivity contribution in [1.29, 1.82) is 0 Å². The summed E-state index contributed by atoms with van der Waals surface area (Å²) in [6.45, 7) is 2.19. The lowest BCUT2D eigenvalue weighted by molar-refractivity contribution is -0.121. The fourth-order valence-corrected chi connectivity index (χ4v) is 1.72. The molecule has 0 aromatic rings. The summed E-state index contributed by atoms with van der Waals surface area (Å²) in [6, 6.07) is 0.472. The molecule has 1 rings (SSSR count). The molecule has 12 heavy (non-hydrogen) atoms. The van der Waals surface area contributed by atoms with Gasteiger partial charge in [-0.25, -0.2) is 0 Å². The van der Waals surface area contributed by atoms with Gasteiger partial charge in [-0.2, -0.15) is 0 Å². The van der Waals surface area contributed by atoms with Crippen molar-refractivity contribution in [3.05, 3.63) is 0 Å². The predicted octanol–water partition coefficient (Wildman–Crippen LogP) is 2.24. The van der Waals surface area contributed by atoms with Gasteiger partial charge in [0.2, 0.25) is 5.91 Å². The molecule has 0 aromatic heterocycles. The molecule has 0 bridgehead atoms. The van der Waals surface area contributed by atoms with Crippen molar-refractivity contribution in [2.45, 2.75) is 57.9 Å². The highest BCUT2D eigenvalue weighted by Gasteiger charge is 2.14. The van der Waals surface area contributed by atoms with Crippen LogP contribution in [-0.4, -0.2) is 11.9 Å². The number of hydrogen-bond donors (Lipinski definition) is 1. The van der Waals surface area contributed by atoms with Crippen LogP contribution in [0.1, 0.15) is 51.9 Å². The summed E-state index contributed by atoms with van der Waals surface area (Å²) < 4.78 is 0. The summed E-state index contributed by atoms with van der Waals surface area (Å²) in [5, 5.41) is 3.07. The van der Waals surface area contributed by atoms with Crippen LogP contribution >= 0.6 is 0 Å². The van der Waals surface area contributed by atoms with Crippen LogP contribution in [0.4, 0.5) is 0 Å². The van der Waals surface area contributed by atoms with Crippen molar-refractivity contribution in [2.24, 2.45) is 0 Å². The van der Waals surface area contributed by atoms with Crippen molar-refractivity contribution in [3.8, 4) is 0 Å². The van der Waals surface area contributed by atoms with E-state index in [-0.39, 0.29) is 5.91 Å². The van der Waals surface area contributed by atoms with Gasteiger partial charge >= 0.3 is 0 Å². The number of amides is 1. The molecule has 1 aliphatic heterocycles. The van der Waals surface area contributed by atoms with E-state index in [0.717, 1.165) is 12.8 Å². The molecule has 1 amide bonds. The van der Waals surface area contributed by atoms with Gasteiger partial charge in [0, 0.05) is 12.5 Å². The highest BCUT2D eigenvalue weighted by molar-refractivity contribution is 5.76. The SMILES string of the molecule is CCCC[C@@H]1CCCCC(=O)N1. The number of carbonyl (C=O) groups excluding carboxylic acids is 1. The van der Waals surface area contributed by atoms with Gasteiger partial charge in [-0.15, -0.1) is 0 Å². The molecule has 1 atom stereocenters. The van der Waals surface area contributed by atoms with Crippen LogP contribution in [-0.2, 0) is 4.79 Å². The first-order valence-corrected chi connectivity index (χ1v) is 5.12. The fourth-order valence-electron chi connectivity index (χ4n) is 1.72. The molecular weight excluding hydrogens is 150 g/mol. The molecule has 1 aliphatic rings. The zero-order valence-electron chi connectivity index (χ0n) is 7.94. The lowest BCUT2D eigenvalue weighted by Crippen LogP contribution is -2.32. The van der Waals surface area contributed by atoms with Gasteiger partial charge in [0.1, 0.15) is 0 Å². The molecule has 1 heterocycles. The first-order valence-electron chi connectivity index (χ1n) is 5.12. The van der Waals surface area contributed by atoms with Crippen molar-refractivity contribution >= 4 is 5.91 Å². The largest absolute Gasteiger partial charge is 0.353 e. The number of unbranched alkanes of at least 4 members (excludes halogenated alkanes) is 1. The van der Waals surface area contributed by atoms with Gasteiger partial charge in [0.05, 0.1) is 0 Å². The Kier molecular flexibility index (Phi) is 4.12. The monoisotopic (exact) mass is 169 g/mol. The quantitative estimate of drug-likeness (QED) is 0.689. The molecule has 0 spiro atoms. The van der Waals surface area contributed by atoms with E-state index in [4.69, 9.17) is 0 Å². The summed E-state index contributed by atoms with van der Waals surface area (Å²) in [5.74, 6) is 0.258. The van der Waals surface area contributed by atoms with E-state index in [9.17, 15) is 4.79 Å². The standard InChI is InChI=1S/C10H19NO/c1-2-3-6-9-7-4-5-8-10(12)11-9/h9H,2-8H2,1H3,(H,11,12)/t9-/m1/s1. The van der Waals surface area contributed by atoms with Crippen molar-refractivity contribution in [1.82, 2.24) is 5.32 Å². The first-order chi connectivity index (χ1) is 5.83. The van der Waals surface area contributed by atoms with Crippen LogP contribution in [0.2, 0.25) is 0 Å². The van der Waals surface area contributed by atoms with Crippen LogP contribution < -0.4 is 5.32 Å². The Morgan fingerprint density at radius 2 is 2.33 bits per heavy atom. The molecule has 2 heteroatoms. The zero-order valence-corrected chi connectivity index (χ0v) is 7.94. The van der Waals surface area contributed by atoms with Crippen LogP contribution in [0.25, 0.3) is 0 Å². The zero-order chi connectivity index (χ0) is 8.81. The van der Waals surface area contributed by atoms with E-state index in [0.29, 0.717) is 6.04 Å². The lowest BCUT2D eigenvalue weighted by Gasteiger charge is -2.14. The minimum absolute atomic E-state index is 0.258. The second kappa shape index (κ2) is 5.18. The third kappa shape index (κ3) is 3.24. The Morgan fingerprint density at radius 3 is 3.08 bits per heavy atom. The molecule has 1 saturated heterocycles. The molecule has 70 valence electrons. The minimum Gasteiger partial charge on any atom is -0.353 e. The fraction of sp³-hybridized carbons (Fsp3) is 0.900. The van der Waals surface area contributed by atoms with Crippen LogP contribution in [0, 0.1) is 0 Å². The van der Waals surface area contributed by atoms with Gasteiger partial charge in [-0.1, -0.05) is 26.2 Å². The smallest absolute Gasteiger partial charge is 0.220 e. The highest BCUT2D eigenvalue weighted by atomic mass is 16.1. The molecule has 2 nitrogen and oxygen atoms in total. The molecule has 1 fully saturated rings. The summed E-state index contributed by atoms with van der Waals surface area (Å²) in [5.41, 5.74) is 0. The Balaban J connectivity index is 2.26. The minimum atomic E-state index is 0.258. The summed E-state index contributed by atoms with van der Waals surface area (Å²) in [4.78, 5) is 11.1. The maximum absolute atomic E-state index is 11.1. The Morgan fingerprint density at radius 1 is 1.50 bits per heavy atom. The molecule has 0 aliphatic carbocycles. The Hall–Kier alpha value is -0.530. The summed E-state index contributed by atoms with van der Waals surface area (Å²) in [7, 11) is 0. The molecule has 0 aromatic carbocycles. The van der Waals surface area contributed by atoms with Gasteiger partial charge in [0.25, 0.3) is 0 Å². The maximum Gasteiger partial charge on any atom is 0.220 e. The second-order valence-electron chi connectivity index (χ2n) is 3.65. The van der Waals surface area contributed by atoms with E-state index >= 15 is 0 Å². The number of nitrogens with one attached hydrogen (secondary N) is 1. The van der Waals surface area contributed by atoms with E-state index in [1.807, 2.05) is 0 Å². The third-order valence-electron chi connectivity index (χ3n) is 2.48. The van der Waals surface area contributed by atoms with Crippen LogP contribution in [0.3, 0.4) is 0 Å². The van der Waals surface area contributed by atoms with Crippen LogP contribution in [0.15, 0.2) is 0 Å². The highest BCUT2D eigenvalue weighted by Crippen LogP contribution is 2.13. The summed E-state index contributed by atoms with van der Waals surface area (Å²) in [6.07, 6.45) is 7.86. The number of hydrogen-bond acceptors (Lipinski definition) is 1. The number of carbonyl (C=O) groups is 1. The van der Waals surface area contributed by atoms with Gasteiger partial charge < -0.3 is 5.32 Å². The van der Waals surface area contributed by atoms with Gasteiger partial charge in [-0.05, 0) is 19.3 Å². The first kappa shape index (κ1) is 9.56. The molecule has 0 radical (unpaired) electrons. The van der Waals surface area contributed by atoms with Crippen molar-refractivity contribution in [2.75, 3.05) is 0 Å². The number of rotatable bonds is 3.